The summed E-state index contributed by atoms with van der Waals surface area (Å²) in [6.07, 6.45) is 1.52. The minimum absolute atomic E-state index is 0.0390. The highest BCUT2D eigenvalue weighted by molar-refractivity contribution is 6.34. The van der Waals surface area contributed by atoms with Gasteiger partial charge >= 0.3 is 0 Å². The van der Waals surface area contributed by atoms with Crippen LogP contribution in [0, 0.1) is 10.1 Å². The summed E-state index contributed by atoms with van der Waals surface area (Å²) >= 11 is 5.87. The highest BCUT2D eigenvalue weighted by Crippen LogP contribution is 2.23. The topological polar surface area (TPSA) is 90.1 Å². The second-order valence-electron chi connectivity index (χ2n) is 3.72. The molecule has 1 amide bonds. The molecule has 0 unspecified atom stereocenters. The lowest BCUT2D eigenvalue weighted by atomic mass is 10.2. The minimum atomic E-state index is -0.586. The standard InChI is InChI=1S/C11H9ClN4O3/c1-15-10(4-5-13-15)14-11(17)8-6-7(16(18)19)2-3-9(8)12/h2-6H,1H3,(H,14,17). The fraction of sp³-hybridized carbons (Fsp3) is 0.0909. The fourth-order valence-corrected chi connectivity index (χ4v) is 1.68. The molecule has 0 radical (unpaired) electrons. The number of hydrogen-bond donors (Lipinski definition) is 1. The molecule has 0 saturated heterocycles. The molecule has 98 valence electrons. The number of non-ortho nitro benzene ring substituents is 1. The van der Waals surface area contributed by atoms with Crippen LogP contribution in [-0.2, 0) is 7.05 Å². The molecule has 0 saturated carbocycles. The third-order valence-corrected chi connectivity index (χ3v) is 2.80. The number of rotatable bonds is 3. The van der Waals surface area contributed by atoms with Crippen LogP contribution in [-0.4, -0.2) is 20.6 Å². The lowest BCUT2D eigenvalue weighted by Gasteiger charge is -2.06. The largest absolute Gasteiger partial charge is 0.307 e. The van der Waals surface area contributed by atoms with Crippen molar-refractivity contribution in [1.82, 2.24) is 9.78 Å². The van der Waals surface area contributed by atoms with Crippen molar-refractivity contribution in [3.63, 3.8) is 0 Å². The second kappa shape index (κ2) is 5.07. The number of nitro benzene ring substituents is 1. The van der Waals surface area contributed by atoms with Gasteiger partial charge in [-0.2, -0.15) is 5.10 Å². The minimum Gasteiger partial charge on any atom is -0.307 e. The van der Waals surface area contributed by atoms with Gasteiger partial charge in [0, 0.05) is 25.2 Å². The van der Waals surface area contributed by atoms with E-state index in [0.29, 0.717) is 5.82 Å². The zero-order valence-corrected chi connectivity index (χ0v) is 10.6. The summed E-state index contributed by atoms with van der Waals surface area (Å²) in [6, 6.07) is 5.29. The molecule has 2 aromatic rings. The van der Waals surface area contributed by atoms with Crippen molar-refractivity contribution < 1.29 is 9.72 Å². The quantitative estimate of drug-likeness (QED) is 0.689. The van der Waals surface area contributed by atoms with Crippen molar-refractivity contribution in [1.29, 1.82) is 0 Å². The molecule has 0 fully saturated rings. The summed E-state index contributed by atoms with van der Waals surface area (Å²) in [5.74, 6) is -0.0649. The lowest BCUT2D eigenvalue weighted by Crippen LogP contribution is -2.15. The number of aryl methyl sites for hydroxylation is 1. The van der Waals surface area contributed by atoms with Crippen LogP contribution in [0.15, 0.2) is 30.5 Å². The Kier molecular flexibility index (Phi) is 3.48. The molecule has 1 aromatic heterocycles. The summed E-state index contributed by atoms with van der Waals surface area (Å²) in [7, 11) is 1.66. The number of anilines is 1. The monoisotopic (exact) mass is 280 g/mol. The summed E-state index contributed by atoms with van der Waals surface area (Å²) in [4.78, 5) is 22.1. The molecule has 1 N–H and O–H groups in total. The van der Waals surface area contributed by atoms with E-state index in [1.165, 1.54) is 23.0 Å². The molecule has 0 spiro atoms. The van der Waals surface area contributed by atoms with Gasteiger partial charge in [0.1, 0.15) is 5.82 Å². The van der Waals surface area contributed by atoms with Gasteiger partial charge in [0.15, 0.2) is 0 Å². The number of carbonyl (C=O) groups is 1. The first kappa shape index (κ1) is 13.0. The van der Waals surface area contributed by atoms with Gasteiger partial charge in [0.05, 0.1) is 21.7 Å². The molecular weight excluding hydrogens is 272 g/mol. The maximum absolute atomic E-state index is 12.0. The molecule has 1 aromatic carbocycles. The van der Waals surface area contributed by atoms with Gasteiger partial charge in [-0.05, 0) is 6.07 Å². The van der Waals surface area contributed by atoms with Crippen molar-refractivity contribution in [3.05, 3.63) is 51.2 Å². The van der Waals surface area contributed by atoms with E-state index in [-0.39, 0.29) is 16.3 Å². The summed E-state index contributed by atoms with van der Waals surface area (Å²) in [5, 5.41) is 17.3. The number of benzene rings is 1. The Morgan fingerprint density at radius 2 is 2.21 bits per heavy atom. The first-order valence-electron chi connectivity index (χ1n) is 5.22. The maximum Gasteiger partial charge on any atom is 0.270 e. The average Bonchev–Trinajstić information content (AvgIpc) is 2.75. The molecular formula is C11H9ClN4O3. The fourth-order valence-electron chi connectivity index (χ4n) is 1.48. The van der Waals surface area contributed by atoms with Gasteiger partial charge in [-0.1, -0.05) is 11.6 Å². The Morgan fingerprint density at radius 3 is 2.79 bits per heavy atom. The van der Waals surface area contributed by atoms with Gasteiger partial charge in [-0.3, -0.25) is 19.6 Å². The van der Waals surface area contributed by atoms with Crippen LogP contribution in [0.5, 0.6) is 0 Å². The number of amides is 1. The predicted molar refractivity (Wildman–Crippen MR) is 69.3 cm³/mol. The highest BCUT2D eigenvalue weighted by Gasteiger charge is 2.16. The van der Waals surface area contributed by atoms with E-state index in [2.05, 4.69) is 10.4 Å². The molecule has 0 aliphatic rings. The summed E-state index contributed by atoms with van der Waals surface area (Å²) in [5.41, 5.74) is -0.156. The molecule has 0 aliphatic heterocycles. The Labute approximate surface area is 112 Å². The zero-order valence-electron chi connectivity index (χ0n) is 9.83. The first-order valence-corrected chi connectivity index (χ1v) is 5.60. The van der Waals surface area contributed by atoms with Crippen LogP contribution >= 0.6 is 11.6 Å². The number of aromatic nitrogens is 2. The van der Waals surface area contributed by atoms with Gasteiger partial charge in [0.2, 0.25) is 0 Å². The van der Waals surface area contributed by atoms with Crippen molar-refractivity contribution >= 4 is 29.0 Å². The smallest absolute Gasteiger partial charge is 0.270 e. The molecule has 0 aliphatic carbocycles. The Hall–Kier alpha value is -2.41. The van der Waals surface area contributed by atoms with Crippen LogP contribution < -0.4 is 5.32 Å². The number of nitro groups is 1. The van der Waals surface area contributed by atoms with Gasteiger partial charge < -0.3 is 5.32 Å². The maximum atomic E-state index is 12.0. The van der Waals surface area contributed by atoms with Gasteiger partial charge in [0.25, 0.3) is 11.6 Å². The van der Waals surface area contributed by atoms with E-state index in [9.17, 15) is 14.9 Å². The van der Waals surface area contributed by atoms with Crippen LogP contribution in [0.25, 0.3) is 0 Å². The van der Waals surface area contributed by atoms with E-state index in [1.807, 2.05) is 0 Å². The normalized spacial score (nSPS) is 10.2. The molecule has 0 atom stereocenters. The molecule has 1 heterocycles. The molecule has 7 nitrogen and oxygen atoms in total. The van der Waals surface area contributed by atoms with Crippen LogP contribution in [0.2, 0.25) is 5.02 Å². The highest BCUT2D eigenvalue weighted by atomic mass is 35.5. The number of hydrogen-bond acceptors (Lipinski definition) is 4. The molecule has 0 bridgehead atoms. The van der Waals surface area contributed by atoms with Crippen molar-refractivity contribution in [2.75, 3.05) is 5.32 Å². The van der Waals surface area contributed by atoms with Gasteiger partial charge in [-0.25, -0.2) is 0 Å². The van der Waals surface area contributed by atoms with Crippen LogP contribution in [0.4, 0.5) is 11.5 Å². The SMILES string of the molecule is Cn1nccc1NC(=O)c1cc([N+](=O)[O-])ccc1Cl. The van der Waals surface area contributed by atoms with Crippen molar-refractivity contribution in [3.8, 4) is 0 Å². The summed E-state index contributed by atoms with van der Waals surface area (Å²) in [6.45, 7) is 0. The molecule has 19 heavy (non-hydrogen) atoms. The average molecular weight is 281 g/mol. The van der Waals surface area contributed by atoms with Gasteiger partial charge in [-0.15, -0.1) is 0 Å². The third-order valence-electron chi connectivity index (χ3n) is 2.47. The van der Waals surface area contributed by atoms with Crippen LogP contribution in [0.1, 0.15) is 10.4 Å². The van der Waals surface area contributed by atoms with E-state index in [0.717, 1.165) is 6.07 Å². The number of carbonyl (C=O) groups excluding carboxylic acids is 1. The zero-order chi connectivity index (χ0) is 14.0. The van der Waals surface area contributed by atoms with E-state index < -0.39 is 10.8 Å². The number of halogens is 1. The van der Waals surface area contributed by atoms with Crippen LogP contribution in [0.3, 0.4) is 0 Å². The Morgan fingerprint density at radius 1 is 1.47 bits per heavy atom. The summed E-state index contributed by atoms with van der Waals surface area (Å²) < 4.78 is 1.46. The number of nitrogens with zero attached hydrogens (tertiary/aromatic N) is 3. The predicted octanol–water partition coefficient (Wildman–Crippen LogP) is 2.23. The van der Waals surface area contributed by atoms with E-state index >= 15 is 0 Å². The number of nitrogens with one attached hydrogen (secondary N) is 1. The Bertz CT molecular complexity index is 653. The van der Waals surface area contributed by atoms with Crippen molar-refractivity contribution in [2.24, 2.45) is 7.05 Å². The third kappa shape index (κ3) is 2.71. The molecule has 8 heteroatoms. The van der Waals surface area contributed by atoms with Crippen molar-refractivity contribution in [2.45, 2.75) is 0 Å². The van der Waals surface area contributed by atoms with E-state index in [1.54, 1.807) is 13.1 Å². The first-order chi connectivity index (χ1) is 8.99. The second-order valence-corrected chi connectivity index (χ2v) is 4.12. The lowest BCUT2D eigenvalue weighted by molar-refractivity contribution is -0.384. The van der Waals surface area contributed by atoms with E-state index in [4.69, 9.17) is 11.6 Å². The Balaban J connectivity index is 2.31. The molecule has 2 rings (SSSR count).